The second-order valence-electron chi connectivity index (χ2n) is 6.73. The average molecular weight is 363 g/mol. The Morgan fingerprint density at radius 2 is 1.74 bits per heavy atom. The van der Waals surface area contributed by atoms with E-state index in [1.54, 1.807) is 11.0 Å². The van der Waals surface area contributed by atoms with E-state index in [-0.39, 0.29) is 0 Å². The molecule has 0 saturated carbocycles. The van der Waals surface area contributed by atoms with Crippen LogP contribution in [0.3, 0.4) is 0 Å². The van der Waals surface area contributed by atoms with Crippen molar-refractivity contribution in [2.45, 2.75) is 6.92 Å². The Kier molecular flexibility index (Phi) is 6.39. The van der Waals surface area contributed by atoms with Gasteiger partial charge >= 0.3 is 11.8 Å². The summed E-state index contributed by atoms with van der Waals surface area (Å²) >= 11 is 0. The summed E-state index contributed by atoms with van der Waals surface area (Å²) in [5.41, 5.74) is 2.87. The van der Waals surface area contributed by atoms with Gasteiger partial charge in [-0.25, -0.2) is 0 Å². The smallest absolute Gasteiger partial charge is 0.313 e. The number of nitrogens with one attached hydrogen (secondary N) is 1. The number of hydrogen-bond acceptors (Lipinski definition) is 3. The Morgan fingerprint density at radius 3 is 2.44 bits per heavy atom. The van der Waals surface area contributed by atoms with Gasteiger partial charge in [0.1, 0.15) is 0 Å². The molecule has 1 aliphatic rings. The molecule has 0 bridgehead atoms. The fourth-order valence-electron chi connectivity index (χ4n) is 3.09. The van der Waals surface area contributed by atoms with Crippen LogP contribution in [0.4, 0.5) is 5.69 Å². The van der Waals surface area contributed by atoms with Crippen LogP contribution >= 0.6 is 0 Å². The summed E-state index contributed by atoms with van der Waals surface area (Å²) in [4.78, 5) is 28.5. The number of carbonyl (C=O) groups excluding carboxylic acids is 2. The van der Waals surface area contributed by atoms with E-state index in [1.165, 1.54) is 5.56 Å². The molecule has 2 aromatic carbocycles. The van der Waals surface area contributed by atoms with Gasteiger partial charge < -0.3 is 10.2 Å². The lowest BCUT2D eigenvalue weighted by Crippen LogP contribution is -2.51. The van der Waals surface area contributed by atoms with Crippen molar-refractivity contribution in [2.24, 2.45) is 0 Å². The van der Waals surface area contributed by atoms with Crippen molar-refractivity contribution in [1.82, 2.24) is 9.80 Å². The largest absolute Gasteiger partial charge is 0.332 e. The fraction of sp³-hybridized carbons (Fsp3) is 0.273. The first-order valence-electron chi connectivity index (χ1n) is 9.23. The Bertz CT molecular complexity index is 809. The molecule has 1 saturated heterocycles. The number of hydrogen-bond donors (Lipinski definition) is 1. The Morgan fingerprint density at radius 1 is 1.00 bits per heavy atom. The molecule has 0 unspecified atom stereocenters. The van der Waals surface area contributed by atoms with Crippen LogP contribution < -0.4 is 5.32 Å². The zero-order chi connectivity index (χ0) is 19.1. The van der Waals surface area contributed by atoms with Crippen molar-refractivity contribution in [3.05, 3.63) is 71.8 Å². The number of rotatable bonds is 4. The molecule has 5 nitrogen and oxygen atoms in total. The number of carbonyl (C=O) groups is 2. The fourth-order valence-corrected chi connectivity index (χ4v) is 3.09. The van der Waals surface area contributed by atoms with Crippen molar-refractivity contribution in [3.8, 4) is 0 Å². The maximum Gasteiger partial charge on any atom is 0.313 e. The summed E-state index contributed by atoms with van der Waals surface area (Å²) in [5.74, 6) is -1.03. The van der Waals surface area contributed by atoms with Crippen LogP contribution in [-0.4, -0.2) is 54.3 Å². The molecule has 1 aliphatic heterocycles. The third-order valence-electron chi connectivity index (χ3n) is 4.60. The van der Waals surface area contributed by atoms with Crippen molar-refractivity contribution in [2.75, 3.05) is 38.0 Å². The second kappa shape index (κ2) is 9.14. The van der Waals surface area contributed by atoms with E-state index in [2.05, 4.69) is 34.5 Å². The number of anilines is 1. The molecule has 27 heavy (non-hydrogen) atoms. The number of benzene rings is 2. The van der Waals surface area contributed by atoms with Gasteiger partial charge in [0.05, 0.1) is 0 Å². The molecule has 1 fully saturated rings. The van der Waals surface area contributed by atoms with E-state index in [9.17, 15) is 9.59 Å². The predicted octanol–water partition coefficient (Wildman–Crippen LogP) is 2.79. The van der Waals surface area contributed by atoms with Crippen molar-refractivity contribution in [1.29, 1.82) is 0 Å². The van der Waals surface area contributed by atoms with Crippen molar-refractivity contribution >= 4 is 23.6 Å². The van der Waals surface area contributed by atoms with Gasteiger partial charge in [-0.2, -0.15) is 0 Å². The maximum absolute atomic E-state index is 12.4. The highest BCUT2D eigenvalue weighted by Crippen LogP contribution is 2.10. The lowest BCUT2D eigenvalue weighted by molar-refractivity contribution is -0.144. The Hall–Kier alpha value is -2.92. The van der Waals surface area contributed by atoms with Gasteiger partial charge in [0.2, 0.25) is 0 Å². The van der Waals surface area contributed by atoms with Gasteiger partial charge in [-0.15, -0.1) is 0 Å². The predicted molar refractivity (Wildman–Crippen MR) is 108 cm³/mol. The lowest BCUT2D eigenvalue weighted by Gasteiger charge is -2.33. The molecular weight excluding hydrogens is 338 g/mol. The van der Waals surface area contributed by atoms with Crippen LogP contribution in [-0.2, 0) is 9.59 Å². The highest BCUT2D eigenvalue weighted by molar-refractivity contribution is 6.39. The molecule has 0 atom stereocenters. The van der Waals surface area contributed by atoms with Gasteiger partial charge in [0.25, 0.3) is 0 Å². The molecule has 0 radical (unpaired) electrons. The second-order valence-corrected chi connectivity index (χ2v) is 6.73. The highest BCUT2D eigenvalue weighted by atomic mass is 16.2. The normalized spacial score (nSPS) is 15.1. The minimum Gasteiger partial charge on any atom is -0.332 e. The molecule has 0 spiro atoms. The minimum atomic E-state index is -0.571. The van der Waals surface area contributed by atoms with Crippen molar-refractivity contribution in [3.63, 3.8) is 0 Å². The molecule has 3 rings (SSSR count). The van der Waals surface area contributed by atoms with E-state index in [4.69, 9.17) is 0 Å². The summed E-state index contributed by atoms with van der Waals surface area (Å²) in [5, 5.41) is 2.69. The zero-order valence-corrected chi connectivity index (χ0v) is 15.6. The van der Waals surface area contributed by atoms with E-state index in [1.807, 2.05) is 43.3 Å². The number of nitrogens with zero attached hydrogens (tertiary/aromatic N) is 2. The van der Waals surface area contributed by atoms with Crippen LogP contribution in [0, 0.1) is 6.92 Å². The monoisotopic (exact) mass is 363 g/mol. The molecule has 0 aromatic heterocycles. The van der Waals surface area contributed by atoms with Gasteiger partial charge in [-0.1, -0.05) is 54.6 Å². The minimum absolute atomic E-state index is 0.462. The van der Waals surface area contributed by atoms with E-state index >= 15 is 0 Å². The lowest BCUT2D eigenvalue weighted by atomic mass is 10.2. The first kappa shape index (κ1) is 18.9. The topological polar surface area (TPSA) is 52.7 Å². The van der Waals surface area contributed by atoms with Gasteiger partial charge in [-0.05, 0) is 30.2 Å². The quantitative estimate of drug-likeness (QED) is 0.850. The molecule has 5 heteroatoms. The van der Waals surface area contributed by atoms with E-state index < -0.39 is 11.8 Å². The van der Waals surface area contributed by atoms with Gasteiger partial charge in [0.15, 0.2) is 0 Å². The average Bonchev–Trinajstić information content (AvgIpc) is 2.69. The summed E-state index contributed by atoms with van der Waals surface area (Å²) in [6, 6.07) is 17.6. The van der Waals surface area contributed by atoms with Crippen LogP contribution in [0.25, 0.3) is 6.08 Å². The Labute approximate surface area is 160 Å². The number of aryl methyl sites for hydroxylation is 1. The zero-order valence-electron chi connectivity index (χ0n) is 15.6. The van der Waals surface area contributed by atoms with E-state index in [0.29, 0.717) is 18.8 Å². The molecule has 1 heterocycles. The first-order valence-corrected chi connectivity index (χ1v) is 9.23. The summed E-state index contributed by atoms with van der Waals surface area (Å²) in [6.07, 6.45) is 4.24. The maximum atomic E-state index is 12.4. The SMILES string of the molecule is Cc1cccc(NC(=O)C(=O)N2CCN(C/C=C/c3ccccc3)CC2)c1. The molecule has 1 N–H and O–H groups in total. The number of amides is 2. The van der Waals surface area contributed by atoms with Crippen LogP contribution in [0.2, 0.25) is 0 Å². The van der Waals surface area contributed by atoms with Crippen LogP contribution in [0.15, 0.2) is 60.7 Å². The summed E-state index contributed by atoms with van der Waals surface area (Å²) in [7, 11) is 0. The van der Waals surface area contributed by atoms with Crippen LogP contribution in [0.5, 0.6) is 0 Å². The molecule has 2 amide bonds. The number of piperazine rings is 1. The highest BCUT2D eigenvalue weighted by Gasteiger charge is 2.25. The molecular formula is C22H25N3O2. The molecule has 2 aromatic rings. The van der Waals surface area contributed by atoms with Gasteiger partial charge in [0, 0.05) is 38.4 Å². The van der Waals surface area contributed by atoms with E-state index in [0.717, 1.165) is 25.2 Å². The Balaban J connectivity index is 1.44. The first-order chi connectivity index (χ1) is 13.1. The van der Waals surface area contributed by atoms with Crippen LogP contribution in [0.1, 0.15) is 11.1 Å². The summed E-state index contributed by atoms with van der Waals surface area (Å²) in [6.45, 7) is 5.46. The summed E-state index contributed by atoms with van der Waals surface area (Å²) < 4.78 is 0. The van der Waals surface area contributed by atoms with Crippen molar-refractivity contribution < 1.29 is 9.59 Å². The van der Waals surface area contributed by atoms with Gasteiger partial charge in [-0.3, -0.25) is 14.5 Å². The molecule has 140 valence electrons. The standard InChI is InChI=1S/C22H25N3O2/c1-18-7-5-11-20(17-18)23-21(26)22(27)25-15-13-24(14-16-25)12-6-10-19-8-3-2-4-9-19/h2-11,17H,12-16H2,1H3,(H,23,26)/b10-6+. The third-order valence-corrected chi connectivity index (χ3v) is 4.60. The molecule has 0 aliphatic carbocycles. The third kappa shape index (κ3) is 5.53.